The zero-order chi connectivity index (χ0) is 22.3. The van der Waals surface area contributed by atoms with Crippen LogP contribution in [-0.2, 0) is 9.53 Å². The Balaban J connectivity index is 1.43. The summed E-state index contributed by atoms with van der Waals surface area (Å²) >= 11 is 0. The Kier molecular flexibility index (Phi) is 6.57. The molecule has 4 rings (SSSR count). The molecule has 1 fully saturated rings. The zero-order valence-electron chi connectivity index (χ0n) is 17.2. The van der Waals surface area contributed by atoms with Gasteiger partial charge in [0.1, 0.15) is 11.9 Å². The van der Waals surface area contributed by atoms with E-state index in [1.165, 1.54) is 6.08 Å². The second-order valence-electron chi connectivity index (χ2n) is 7.04. The second kappa shape index (κ2) is 9.88. The van der Waals surface area contributed by atoms with Gasteiger partial charge in [0.15, 0.2) is 11.6 Å². The topological polar surface area (TPSA) is 97.4 Å². The summed E-state index contributed by atoms with van der Waals surface area (Å²) in [6.07, 6.45) is 3.21. The van der Waals surface area contributed by atoms with Crippen molar-refractivity contribution in [3.63, 3.8) is 0 Å². The first-order chi connectivity index (χ1) is 15.6. The zero-order valence-corrected chi connectivity index (χ0v) is 17.2. The number of hydrogen-bond donors (Lipinski definition) is 3. The fourth-order valence-electron chi connectivity index (χ4n) is 3.06. The molecule has 0 unspecified atom stereocenters. The highest BCUT2D eigenvalue weighted by atomic mass is 19.1. The van der Waals surface area contributed by atoms with Crippen LogP contribution < -0.4 is 20.7 Å². The summed E-state index contributed by atoms with van der Waals surface area (Å²) in [5, 5.41) is 8.60. The van der Waals surface area contributed by atoms with Gasteiger partial charge in [-0.25, -0.2) is 9.37 Å². The Morgan fingerprint density at radius 3 is 2.72 bits per heavy atom. The minimum atomic E-state index is -0.612. The highest BCUT2D eigenvalue weighted by Crippen LogP contribution is 2.24. The van der Waals surface area contributed by atoms with E-state index in [9.17, 15) is 9.18 Å². The van der Waals surface area contributed by atoms with E-state index in [4.69, 9.17) is 9.47 Å². The maximum Gasteiger partial charge on any atom is 0.247 e. The molecule has 0 spiro atoms. The predicted octanol–water partition coefficient (Wildman–Crippen LogP) is 4.40. The Labute approximate surface area is 184 Å². The number of hydrogen-bond acceptors (Lipinski definition) is 7. The second-order valence-corrected chi connectivity index (χ2v) is 7.04. The van der Waals surface area contributed by atoms with Gasteiger partial charge >= 0.3 is 0 Å². The Hall–Kier alpha value is -3.98. The van der Waals surface area contributed by atoms with Crippen LogP contribution in [0, 0.1) is 5.82 Å². The molecule has 1 aromatic heterocycles. The van der Waals surface area contributed by atoms with Crippen molar-refractivity contribution in [3.8, 4) is 5.75 Å². The van der Waals surface area contributed by atoms with Crippen LogP contribution in [-0.4, -0.2) is 35.2 Å². The third-order valence-electron chi connectivity index (χ3n) is 4.62. The fraction of sp³-hybridized carbons (Fsp3) is 0.174. The van der Waals surface area contributed by atoms with Gasteiger partial charge in [-0.05, 0) is 48.5 Å². The molecular weight excluding hydrogens is 413 g/mol. The van der Waals surface area contributed by atoms with Gasteiger partial charge in [-0.1, -0.05) is 12.6 Å². The quantitative estimate of drug-likeness (QED) is 0.451. The molecule has 2 aromatic carbocycles. The Morgan fingerprint density at radius 2 is 1.97 bits per heavy atom. The molecule has 1 aliphatic rings. The van der Waals surface area contributed by atoms with E-state index in [2.05, 4.69) is 32.5 Å². The van der Waals surface area contributed by atoms with Crippen molar-refractivity contribution in [2.75, 3.05) is 29.2 Å². The number of nitrogens with zero attached hydrogens (tertiary/aromatic N) is 2. The summed E-state index contributed by atoms with van der Waals surface area (Å²) in [4.78, 5) is 19.7. The normalized spacial score (nSPS) is 15.1. The fourth-order valence-corrected chi connectivity index (χ4v) is 3.06. The molecule has 1 saturated heterocycles. The van der Waals surface area contributed by atoms with Crippen molar-refractivity contribution >= 4 is 34.7 Å². The smallest absolute Gasteiger partial charge is 0.247 e. The molecule has 32 heavy (non-hydrogen) atoms. The maximum absolute atomic E-state index is 14.3. The summed E-state index contributed by atoms with van der Waals surface area (Å²) in [5.74, 6) is 0.0177. The summed E-state index contributed by atoms with van der Waals surface area (Å²) in [5.41, 5.74) is 1.82. The highest BCUT2D eigenvalue weighted by molar-refractivity contribution is 5.99. The lowest BCUT2D eigenvalue weighted by Crippen LogP contribution is -2.15. The van der Waals surface area contributed by atoms with E-state index in [1.807, 2.05) is 24.3 Å². The number of halogens is 1. The number of amides is 1. The number of ether oxygens (including phenoxy) is 2. The van der Waals surface area contributed by atoms with Crippen LogP contribution in [0.1, 0.15) is 6.42 Å². The number of benzene rings is 2. The van der Waals surface area contributed by atoms with E-state index in [0.29, 0.717) is 18.0 Å². The third kappa shape index (κ3) is 5.58. The van der Waals surface area contributed by atoms with Crippen LogP contribution in [0.2, 0.25) is 0 Å². The van der Waals surface area contributed by atoms with Gasteiger partial charge in [-0.15, -0.1) is 0 Å². The number of carbonyl (C=O) groups is 1. The summed E-state index contributed by atoms with van der Waals surface area (Å²) in [7, 11) is 0. The third-order valence-corrected chi connectivity index (χ3v) is 4.62. The average molecular weight is 435 g/mol. The van der Waals surface area contributed by atoms with Gasteiger partial charge in [0.25, 0.3) is 0 Å². The molecule has 1 aliphatic heterocycles. The molecule has 3 N–H and O–H groups in total. The Bertz CT molecular complexity index is 1100. The van der Waals surface area contributed by atoms with Crippen molar-refractivity contribution in [1.29, 1.82) is 0 Å². The van der Waals surface area contributed by atoms with Crippen LogP contribution in [0.15, 0.2) is 67.4 Å². The first kappa shape index (κ1) is 21.3. The van der Waals surface area contributed by atoms with Gasteiger partial charge in [-0.2, -0.15) is 4.98 Å². The number of rotatable bonds is 8. The van der Waals surface area contributed by atoms with E-state index < -0.39 is 5.82 Å². The first-order valence-corrected chi connectivity index (χ1v) is 10.0. The molecule has 1 amide bonds. The predicted molar refractivity (Wildman–Crippen MR) is 120 cm³/mol. The molecule has 1 atom stereocenters. The molecule has 0 saturated carbocycles. The van der Waals surface area contributed by atoms with E-state index in [-0.39, 0.29) is 23.8 Å². The van der Waals surface area contributed by atoms with Crippen molar-refractivity contribution in [3.05, 3.63) is 73.2 Å². The number of carbonyl (C=O) groups excluding carboxylic acids is 1. The molecule has 0 bridgehead atoms. The van der Waals surface area contributed by atoms with Crippen molar-refractivity contribution in [1.82, 2.24) is 9.97 Å². The number of nitrogens with one attached hydrogen (secondary N) is 3. The van der Waals surface area contributed by atoms with Crippen molar-refractivity contribution in [2.45, 2.75) is 12.5 Å². The molecule has 9 heteroatoms. The van der Waals surface area contributed by atoms with E-state index in [1.54, 1.807) is 24.3 Å². The molecule has 8 nitrogen and oxygen atoms in total. The van der Waals surface area contributed by atoms with Crippen LogP contribution in [0.25, 0.3) is 0 Å². The molecule has 0 aliphatic carbocycles. The average Bonchev–Trinajstić information content (AvgIpc) is 3.31. The van der Waals surface area contributed by atoms with Crippen molar-refractivity contribution < 1.29 is 18.7 Å². The van der Waals surface area contributed by atoms with E-state index >= 15 is 0 Å². The van der Waals surface area contributed by atoms with Gasteiger partial charge in [0.2, 0.25) is 11.9 Å². The molecule has 3 aromatic rings. The molecule has 2 heterocycles. The largest absolute Gasteiger partial charge is 0.488 e. The minimum absolute atomic E-state index is 0.00381. The first-order valence-electron chi connectivity index (χ1n) is 10.0. The monoisotopic (exact) mass is 435 g/mol. The lowest BCUT2D eigenvalue weighted by molar-refractivity contribution is -0.111. The Morgan fingerprint density at radius 1 is 1.16 bits per heavy atom. The van der Waals surface area contributed by atoms with Crippen LogP contribution in [0.5, 0.6) is 5.75 Å². The number of anilines is 5. The molecule has 0 radical (unpaired) electrons. The van der Waals surface area contributed by atoms with E-state index in [0.717, 1.165) is 30.7 Å². The van der Waals surface area contributed by atoms with Crippen LogP contribution >= 0.6 is 0 Å². The lowest BCUT2D eigenvalue weighted by atomic mass is 10.2. The summed E-state index contributed by atoms with van der Waals surface area (Å²) < 4.78 is 25.4. The van der Waals surface area contributed by atoms with Gasteiger partial charge in [0.05, 0.1) is 19.4 Å². The minimum Gasteiger partial charge on any atom is -0.488 e. The lowest BCUT2D eigenvalue weighted by Gasteiger charge is -2.13. The SMILES string of the molecule is C=CC(=O)Nc1cccc(Nc2nc(Nc3ccc(O[C@H]4CCOC4)cc3)ncc2F)c1. The summed E-state index contributed by atoms with van der Waals surface area (Å²) in [6, 6.07) is 14.2. The number of aromatic nitrogens is 2. The molecular formula is C23H22FN5O3. The van der Waals surface area contributed by atoms with Gasteiger partial charge < -0.3 is 25.4 Å². The van der Waals surface area contributed by atoms with Gasteiger partial charge in [0, 0.05) is 23.5 Å². The van der Waals surface area contributed by atoms with Crippen LogP contribution in [0.4, 0.5) is 33.2 Å². The van der Waals surface area contributed by atoms with Crippen molar-refractivity contribution in [2.24, 2.45) is 0 Å². The van der Waals surface area contributed by atoms with Gasteiger partial charge in [-0.3, -0.25) is 4.79 Å². The summed E-state index contributed by atoms with van der Waals surface area (Å²) in [6.45, 7) is 4.74. The molecule has 164 valence electrons. The standard InChI is InChI=1S/C23H22FN5O3/c1-2-21(30)26-16-4-3-5-17(12-16)27-22-20(24)13-25-23(29-22)28-15-6-8-18(9-7-15)32-19-10-11-31-14-19/h2-9,12-13,19H,1,10-11,14H2,(H,26,30)(H2,25,27,28,29)/t19-/m0/s1. The maximum atomic E-state index is 14.3. The van der Waals surface area contributed by atoms with Crippen LogP contribution in [0.3, 0.4) is 0 Å². The highest BCUT2D eigenvalue weighted by Gasteiger charge is 2.17.